The fourth-order valence-electron chi connectivity index (χ4n) is 10.2. The summed E-state index contributed by atoms with van der Waals surface area (Å²) in [7, 11) is 0. The first-order chi connectivity index (χ1) is 30.0. The lowest BCUT2D eigenvalue weighted by Gasteiger charge is -2.49. The monoisotopic (exact) mass is 782 g/mol. The second-order valence-electron chi connectivity index (χ2n) is 16.9. The molecule has 10 aromatic rings. The Bertz CT molecular complexity index is 3430. The van der Waals surface area contributed by atoms with Crippen molar-refractivity contribution in [1.82, 2.24) is 14.5 Å². The van der Waals surface area contributed by atoms with Gasteiger partial charge in [-0.3, -0.25) is 0 Å². The first-order valence-electron chi connectivity index (χ1n) is 21.3. The minimum absolute atomic E-state index is 0.135. The molecule has 12 rings (SSSR count). The van der Waals surface area contributed by atoms with Crippen molar-refractivity contribution in [1.29, 1.82) is 0 Å². The number of rotatable bonds is 5. The van der Waals surface area contributed by atoms with Crippen LogP contribution >= 0.6 is 0 Å². The lowest BCUT2D eigenvalue weighted by molar-refractivity contribution is 0.523. The van der Waals surface area contributed by atoms with Crippen LogP contribution in [0.4, 0.5) is 11.4 Å². The van der Waals surface area contributed by atoms with Crippen molar-refractivity contribution in [3.63, 3.8) is 0 Å². The Hall–Kier alpha value is -7.56. The zero-order valence-electron chi connectivity index (χ0n) is 34.1. The normalized spacial score (nSPS) is 15.8. The molecule has 0 fully saturated rings. The highest BCUT2D eigenvalue weighted by Crippen LogP contribution is 2.52. The molecule has 1 aliphatic carbocycles. The summed E-state index contributed by atoms with van der Waals surface area (Å²) in [5, 5.41) is 6.03. The largest absolute Gasteiger partial charge is 0.334 e. The van der Waals surface area contributed by atoms with Crippen molar-refractivity contribution in [2.75, 3.05) is 4.90 Å². The zero-order chi connectivity index (χ0) is 40.7. The van der Waals surface area contributed by atoms with Crippen LogP contribution in [-0.2, 0) is 5.41 Å². The second-order valence-corrected chi connectivity index (χ2v) is 16.9. The third kappa shape index (κ3) is 5.59. The van der Waals surface area contributed by atoms with Crippen LogP contribution in [0.2, 0.25) is 0 Å². The third-order valence-corrected chi connectivity index (χ3v) is 13.1. The van der Waals surface area contributed by atoms with E-state index in [1.54, 1.807) is 0 Å². The van der Waals surface area contributed by atoms with Gasteiger partial charge < -0.3 is 9.47 Å². The molecule has 2 aromatic heterocycles. The molecule has 4 heteroatoms. The Balaban J connectivity index is 1.02. The van der Waals surface area contributed by atoms with E-state index in [0.29, 0.717) is 5.82 Å². The maximum Gasteiger partial charge on any atom is 0.160 e. The molecular formula is C57H42N4. The Morgan fingerprint density at radius 2 is 1.25 bits per heavy atom. The average molecular weight is 783 g/mol. The van der Waals surface area contributed by atoms with Gasteiger partial charge >= 0.3 is 0 Å². The Morgan fingerprint density at radius 1 is 0.541 bits per heavy atom. The van der Waals surface area contributed by atoms with Gasteiger partial charge in [-0.25, -0.2) is 9.97 Å². The molecule has 8 aromatic carbocycles. The quantitative estimate of drug-likeness (QED) is 0.174. The average Bonchev–Trinajstić information content (AvgIpc) is 3.66. The van der Waals surface area contributed by atoms with Crippen LogP contribution in [0.25, 0.3) is 77.4 Å². The van der Waals surface area contributed by atoms with Crippen LogP contribution in [0.3, 0.4) is 0 Å². The SMILES string of the molecule is CC1(C)C2=CC(c3ccc4c(c3)c3c5ccccc5ccc3n4-c3cccc(-c4nc(-c5ccccc5)c5ccccc5n4)c3)=CCC2N(c2ccccc2)c2ccccc21. The van der Waals surface area contributed by atoms with Crippen LogP contribution < -0.4 is 4.90 Å². The minimum atomic E-state index is -0.135. The van der Waals surface area contributed by atoms with Gasteiger partial charge in [0.05, 0.1) is 28.3 Å². The maximum absolute atomic E-state index is 5.23. The van der Waals surface area contributed by atoms with Crippen molar-refractivity contribution in [2.24, 2.45) is 0 Å². The smallest absolute Gasteiger partial charge is 0.160 e. The van der Waals surface area contributed by atoms with Gasteiger partial charge in [-0.2, -0.15) is 0 Å². The summed E-state index contributed by atoms with van der Waals surface area (Å²) in [5.41, 5.74) is 15.0. The van der Waals surface area contributed by atoms with Crippen molar-refractivity contribution in [3.05, 3.63) is 217 Å². The highest BCUT2D eigenvalue weighted by atomic mass is 15.2. The summed E-state index contributed by atoms with van der Waals surface area (Å²) in [4.78, 5) is 12.9. The minimum Gasteiger partial charge on any atom is -0.334 e. The topological polar surface area (TPSA) is 34.0 Å². The van der Waals surface area contributed by atoms with E-state index in [4.69, 9.17) is 9.97 Å². The summed E-state index contributed by atoms with van der Waals surface area (Å²) >= 11 is 0. The summed E-state index contributed by atoms with van der Waals surface area (Å²) < 4.78 is 2.42. The first kappa shape index (κ1) is 35.4. The van der Waals surface area contributed by atoms with Gasteiger partial charge in [-0.15, -0.1) is 0 Å². The van der Waals surface area contributed by atoms with Crippen molar-refractivity contribution in [2.45, 2.75) is 31.7 Å². The van der Waals surface area contributed by atoms with Crippen molar-refractivity contribution >= 4 is 60.4 Å². The van der Waals surface area contributed by atoms with E-state index in [2.05, 4.69) is 211 Å². The van der Waals surface area contributed by atoms with E-state index in [0.717, 1.165) is 39.8 Å². The van der Waals surface area contributed by atoms with Gasteiger partial charge in [0.25, 0.3) is 0 Å². The molecule has 0 N–H and O–H groups in total. The number of benzene rings is 8. The number of anilines is 2. The number of fused-ring (bicyclic) bond motifs is 8. The molecule has 290 valence electrons. The fraction of sp³-hybridized carbons (Fsp3) is 0.0877. The number of hydrogen-bond donors (Lipinski definition) is 0. The van der Waals surface area contributed by atoms with Crippen LogP contribution in [0.15, 0.2) is 206 Å². The van der Waals surface area contributed by atoms with Gasteiger partial charge in [-0.1, -0.05) is 159 Å². The summed E-state index contributed by atoms with van der Waals surface area (Å²) in [6.07, 6.45) is 5.88. The number of hydrogen-bond acceptors (Lipinski definition) is 3. The van der Waals surface area contributed by atoms with E-state index in [9.17, 15) is 0 Å². The zero-order valence-corrected chi connectivity index (χ0v) is 34.1. The van der Waals surface area contributed by atoms with E-state index >= 15 is 0 Å². The molecule has 0 saturated heterocycles. The van der Waals surface area contributed by atoms with Crippen LogP contribution in [0.5, 0.6) is 0 Å². The van der Waals surface area contributed by atoms with Gasteiger partial charge in [0.2, 0.25) is 0 Å². The van der Waals surface area contributed by atoms with Gasteiger partial charge in [-0.05, 0) is 94.1 Å². The van der Waals surface area contributed by atoms with Crippen molar-refractivity contribution < 1.29 is 0 Å². The number of nitrogens with zero attached hydrogens (tertiary/aromatic N) is 4. The molecule has 3 heterocycles. The van der Waals surface area contributed by atoms with E-state index < -0.39 is 0 Å². The molecule has 2 aliphatic rings. The highest BCUT2D eigenvalue weighted by molar-refractivity contribution is 6.21. The molecule has 0 amide bonds. The van der Waals surface area contributed by atoms with E-state index in [-0.39, 0.29) is 11.5 Å². The molecule has 0 bridgehead atoms. The highest BCUT2D eigenvalue weighted by Gasteiger charge is 2.43. The molecule has 0 saturated carbocycles. The third-order valence-electron chi connectivity index (χ3n) is 13.1. The molecule has 1 unspecified atom stereocenters. The first-order valence-corrected chi connectivity index (χ1v) is 21.3. The number of para-hydroxylation sites is 3. The molecule has 0 radical (unpaired) electrons. The molecule has 4 nitrogen and oxygen atoms in total. The fourth-order valence-corrected chi connectivity index (χ4v) is 10.2. The van der Waals surface area contributed by atoms with Gasteiger partial charge in [0.1, 0.15) is 0 Å². The van der Waals surface area contributed by atoms with Crippen LogP contribution in [0.1, 0.15) is 31.4 Å². The summed E-state index contributed by atoms with van der Waals surface area (Å²) in [6, 6.07) is 67.9. The second kappa shape index (κ2) is 13.8. The van der Waals surface area contributed by atoms with E-state index in [1.165, 1.54) is 66.2 Å². The lowest BCUT2D eigenvalue weighted by Crippen LogP contribution is -2.45. The predicted molar refractivity (Wildman–Crippen MR) is 255 cm³/mol. The molecule has 61 heavy (non-hydrogen) atoms. The number of aromatic nitrogens is 3. The summed E-state index contributed by atoms with van der Waals surface area (Å²) in [5.74, 6) is 0.711. The Labute approximate surface area is 355 Å². The van der Waals surface area contributed by atoms with Crippen molar-refractivity contribution in [3.8, 4) is 28.3 Å². The number of allylic oxidation sites excluding steroid dienone is 2. The predicted octanol–water partition coefficient (Wildman–Crippen LogP) is 14.4. The lowest BCUT2D eigenvalue weighted by atomic mass is 9.67. The van der Waals surface area contributed by atoms with Gasteiger partial charge in [0.15, 0.2) is 5.82 Å². The molecule has 1 aliphatic heterocycles. The van der Waals surface area contributed by atoms with E-state index in [1.807, 2.05) is 12.1 Å². The van der Waals surface area contributed by atoms with Crippen LogP contribution in [0, 0.1) is 0 Å². The maximum atomic E-state index is 5.23. The standard InChI is InChI=1S/C57H42N4/c1-57(2)47-25-12-14-27-51(47)60(42-20-7-4-8-21-42)52-32-30-40(36-48(52)57)39-29-31-50-46(35-39)54-44-23-10-9-16-37(44)28-33-53(54)61(50)43-22-15-19-41(34-43)56-58-49-26-13-11-24-45(49)55(59-56)38-17-5-3-6-18-38/h3-31,33-36,52H,32H2,1-2H3. The summed E-state index contributed by atoms with van der Waals surface area (Å²) in [6.45, 7) is 4.80. The molecule has 1 atom stereocenters. The Kier molecular flexibility index (Phi) is 7.98. The van der Waals surface area contributed by atoms with Gasteiger partial charge in [0, 0.05) is 49.8 Å². The Morgan fingerprint density at radius 3 is 2.11 bits per heavy atom. The molecular weight excluding hydrogens is 741 g/mol. The molecule has 0 spiro atoms. The van der Waals surface area contributed by atoms with Crippen LogP contribution in [-0.4, -0.2) is 20.6 Å².